The minimum absolute atomic E-state index is 0.102. The average molecular weight is 500 g/mol. The lowest BCUT2D eigenvalue weighted by atomic mass is 9.87. The molecule has 1 N–H and O–H groups in total. The van der Waals surface area contributed by atoms with Crippen molar-refractivity contribution in [3.63, 3.8) is 0 Å². The number of rotatable bonds is 7. The third kappa shape index (κ3) is 6.04. The zero-order valence-corrected chi connectivity index (χ0v) is 20.5. The number of halogens is 1. The van der Waals surface area contributed by atoms with E-state index in [1.165, 1.54) is 17.3 Å². The van der Waals surface area contributed by atoms with Crippen LogP contribution in [0.1, 0.15) is 38.8 Å². The van der Waals surface area contributed by atoms with Gasteiger partial charge in [0.25, 0.3) is 5.91 Å². The van der Waals surface area contributed by atoms with Crippen LogP contribution in [0.4, 0.5) is 0 Å². The highest BCUT2D eigenvalue weighted by Crippen LogP contribution is 2.27. The predicted molar refractivity (Wildman–Crippen MR) is 130 cm³/mol. The summed E-state index contributed by atoms with van der Waals surface area (Å²) in [6.07, 6.45) is 1.61. The quantitative estimate of drug-likeness (QED) is 0.273. The highest BCUT2D eigenvalue weighted by molar-refractivity contribution is 9.10. The Kier molecular flexibility index (Phi) is 7.67. The number of amides is 1. The molecule has 1 amide bonds. The summed E-state index contributed by atoms with van der Waals surface area (Å²) in [5.74, 6) is 0.807. The summed E-state index contributed by atoms with van der Waals surface area (Å²) in [4.78, 5) is 12.2. The number of hydrazone groups is 1. The van der Waals surface area contributed by atoms with Gasteiger partial charge in [-0.1, -0.05) is 90.9 Å². The molecule has 0 aliphatic rings. The number of carbonyl (C=O) groups is 1. The Labute approximate surface area is 195 Å². The summed E-state index contributed by atoms with van der Waals surface area (Å²) in [6, 6.07) is 16.1. The second-order valence-electron chi connectivity index (χ2n) is 7.98. The van der Waals surface area contributed by atoms with Gasteiger partial charge in [-0.3, -0.25) is 4.79 Å². The summed E-state index contributed by atoms with van der Waals surface area (Å²) >= 11 is 4.80. The molecule has 0 saturated carbocycles. The highest BCUT2D eigenvalue weighted by Gasteiger charge is 2.17. The van der Waals surface area contributed by atoms with Gasteiger partial charge < -0.3 is 4.57 Å². The first-order valence-electron chi connectivity index (χ1n) is 10.0. The number of hydrogen-bond donors (Lipinski definition) is 1. The van der Waals surface area contributed by atoms with Gasteiger partial charge in [0.15, 0.2) is 11.0 Å². The molecule has 0 fully saturated rings. The smallest absolute Gasteiger partial charge is 0.250 e. The van der Waals surface area contributed by atoms with Crippen LogP contribution in [0.15, 0.2) is 63.3 Å². The topological polar surface area (TPSA) is 72.2 Å². The lowest BCUT2D eigenvalue weighted by Crippen LogP contribution is -2.20. The Balaban J connectivity index is 1.63. The van der Waals surface area contributed by atoms with Crippen LogP contribution in [0, 0.1) is 0 Å². The van der Waals surface area contributed by atoms with E-state index in [1.54, 1.807) is 6.21 Å². The van der Waals surface area contributed by atoms with Gasteiger partial charge in [-0.15, -0.1) is 10.2 Å². The molecule has 162 valence electrons. The number of carbonyl (C=O) groups excluding carboxylic acids is 1. The maximum absolute atomic E-state index is 12.2. The monoisotopic (exact) mass is 499 g/mol. The Morgan fingerprint density at radius 3 is 2.52 bits per heavy atom. The van der Waals surface area contributed by atoms with E-state index in [1.807, 2.05) is 35.8 Å². The first-order chi connectivity index (χ1) is 14.8. The van der Waals surface area contributed by atoms with Crippen LogP contribution < -0.4 is 5.43 Å². The lowest BCUT2D eigenvalue weighted by molar-refractivity contribution is -0.118. The fraction of sp³-hybridized carbons (Fsp3) is 0.304. The lowest BCUT2D eigenvalue weighted by Gasteiger charge is -2.19. The van der Waals surface area contributed by atoms with Gasteiger partial charge >= 0.3 is 0 Å². The fourth-order valence-corrected chi connectivity index (χ4v) is 4.11. The van der Waals surface area contributed by atoms with Crippen molar-refractivity contribution in [2.45, 2.75) is 44.8 Å². The van der Waals surface area contributed by atoms with E-state index >= 15 is 0 Å². The number of hydrogen-bond acceptors (Lipinski definition) is 5. The van der Waals surface area contributed by atoms with Crippen LogP contribution >= 0.6 is 27.7 Å². The van der Waals surface area contributed by atoms with Crippen molar-refractivity contribution in [3.8, 4) is 11.4 Å². The minimum atomic E-state index is -0.199. The maximum Gasteiger partial charge on any atom is 0.250 e. The molecule has 3 aromatic rings. The van der Waals surface area contributed by atoms with Gasteiger partial charge in [-0.25, -0.2) is 5.43 Å². The van der Waals surface area contributed by atoms with Crippen LogP contribution in [-0.2, 0) is 16.8 Å². The maximum atomic E-state index is 12.2. The Morgan fingerprint density at radius 1 is 1.16 bits per heavy atom. The Morgan fingerprint density at radius 2 is 1.87 bits per heavy atom. The Bertz CT molecular complexity index is 1070. The van der Waals surface area contributed by atoms with Gasteiger partial charge in [0.1, 0.15) is 0 Å². The van der Waals surface area contributed by atoms with Gasteiger partial charge in [0.05, 0.1) is 12.0 Å². The molecule has 0 unspecified atom stereocenters. The van der Waals surface area contributed by atoms with Crippen molar-refractivity contribution in [1.82, 2.24) is 20.2 Å². The molecule has 0 spiro atoms. The second kappa shape index (κ2) is 10.2. The normalized spacial score (nSPS) is 11.8. The highest BCUT2D eigenvalue weighted by atomic mass is 79.9. The van der Waals surface area contributed by atoms with Crippen molar-refractivity contribution in [3.05, 3.63) is 64.1 Å². The molecule has 1 aromatic heterocycles. The fourth-order valence-electron chi connectivity index (χ4n) is 2.93. The summed E-state index contributed by atoms with van der Waals surface area (Å²) < 4.78 is 2.94. The third-order valence-electron chi connectivity index (χ3n) is 4.67. The Hall–Kier alpha value is -2.45. The van der Waals surface area contributed by atoms with Crippen LogP contribution in [0.5, 0.6) is 0 Å². The number of aromatic nitrogens is 3. The van der Waals surface area contributed by atoms with Crippen molar-refractivity contribution in [2.24, 2.45) is 5.10 Å². The van der Waals surface area contributed by atoms with E-state index in [2.05, 4.69) is 81.7 Å². The largest absolute Gasteiger partial charge is 0.302 e. The second-order valence-corrected chi connectivity index (χ2v) is 9.78. The molecule has 8 heteroatoms. The van der Waals surface area contributed by atoms with Crippen molar-refractivity contribution >= 4 is 39.8 Å². The summed E-state index contributed by atoms with van der Waals surface area (Å²) in [7, 11) is 0. The number of thioether (sulfide) groups is 1. The number of nitrogens with one attached hydrogen (secondary N) is 1. The molecule has 31 heavy (non-hydrogen) atoms. The van der Waals surface area contributed by atoms with Gasteiger partial charge in [0.2, 0.25) is 0 Å². The first kappa shape index (κ1) is 23.2. The summed E-state index contributed by atoms with van der Waals surface area (Å²) in [6.45, 7) is 9.34. The molecule has 2 aromatic carbocycles. The zero-order chi connectivity index (χ0) is 22.4. The minimum Gasteiger partial charge on any atom is -0.302 e. The standard InChI is InChI=1S/C23H26BrN5OS/c1-5-29-21(16-10-12-18(13-11-16)23(2,3)4)27-28-22(29)31-15-20(30)26-25-14-17-8-6-7-9-19(17)24/h6-14H,5,15H2,1-4H3,(H,26,30)/b25-14-. The summed E-state index contributed by atoms with van der Waals surface area (Å²) in [5, 5.41) is 13.4. The molecule has 0 bridgehead atoms. The first-order valence-corrected chi connectivity index (χ1v) is 11.8. The molecule has 3 rings (SSSR count). The van der Waals surface area contributed by atoms with Crippen LogP contribution in [0.2, 0.25) is 0 Å². The van der Waals surface area contributed by atoms with Crippen LogP contribution in [0.25, 0.3) is 11.4 Å². The van der Waals surface area contributed by atoms with E-state index in [4.69, 9.17) is 0 Å². The van der Waals surface area contributed by atoms with E-state index in [0.717, 1.165) is 21.4 Å². The van der Waals surface area contributed by atoms with Gasteiger partial charge in [-0.2, -0.15) is 5.10 Å². The molecular formula is C23H26BrN5OS. The van der Waals surface area contributed by atoms with E-state index in [-0.39, 0.29) is 17.1 Å². The zero-order valence-electron chi connectivity index (χ0n) is 18.1. The van der Waals surface area contributed by atoms with Gasteiger partial charge in [-0.05, 0) is 24.0 Å². The van der Waals surface area contributed by atoms with Crippen molar-refractivity contribution in [1.29, 1.82) is 0 Å². The van der Waals surface area contributed by atoms with E-state index < -0.39 is 0 Å². The van der Waals surface area contributed by atoms with Crippen molar-refractivity contribution in [2.75, 3.05) is 5.75 Å². The SMILES string of the molecule is CCn1c(SCC(=O)N/N=C\c2ccccc2Br)nnc1-c1ccc(C(C)(C)C)cc1. The van der Waals surface area contributed by atoms with Crippen LogP contribution in [-0.4, -0.2) is 32.6 Å². The van der Waals surface area contributed by atoms with Crippen LogP contribution in [0.3, 0.4) is 0 Å². The third-order valence-corrected chi connectivity index (χ3v) is 6.36. The number of benzene rings is 2. The molecule has 0 aliphatic heterocycles. The van der Waals surface area contributed by atoms with E-state index in [9.17, 15) is 4.79 Å². The number of nitrogens with zero attached hydrogens (tertiary/aromatic N) is 4. The molecule has 0 atom stereocenters. The predicted octanol–water partition coefficient (Wildman–Crippen LogP) is 5.27. The van der Waals surface area contributed by atoms with E-state index in [0.29, 0.717) is 11.7 Å². The molecule has 0 radical (unpaired) electrons. The molecule has 6 nitrogen and oxygen atoms in total. The van der Waals surface area contributed by atoms with Crippen molar-refractivity contribution < 1.29 is 4.79 Å². The molecule has 0 saturated heterocycles. The average Bonchev–Trinajstić information content (AvgIpc) is 3.16. The van der Waals surface area contributed by atoms with Gasteiger partial charge in [0, 0.05) is 22.1 Å². The summed E-state index contributed by atoms with van der Waals surface area (Å²) in [5.41, 5.74) is 5.83. The molecule has 0 aliphatic carbocycles. The molecule has 1 heterocycles. The molecular weight excluding hydrogens is 474 g/mol.